The Morgan fingerprint density at radius 2 is 2.10 bits per heavy atom. The molecule has 1 aliphatic heterocycles. The number of anilines is 2. The summed E-state index contributed by atoms with van der Waals surface area (Å²) in [6.45, 7) is 0.781. The Bertz CT molecular complexity index is 642. The summed E-state index contributed by atoms with van der Waals surface area (Å²) < 4.78 is 5.93. The number of fused-ring (bicyclic) bond motifs is 1. The number of nitrogens with zero attached hydrogens (tertiary/aromatic N) is 1. The minimum absolute atomic E-state index is 0.154. The van der Waals surface area contributed by atoms with Gasteiger partial charge in [-0.3, -0.25) is 0 Å². The van der Waals surface area contributed by atoms with Crippen LogP contribution in [0.25, 0.3) is 0 Å². The van der Waals surface area contributed by atoms with Crippen molar-refractivity contribution in [2.24, 2.45) is 0 Å². The molecule has 0 saturated heterocycles. The average Bonchev–Trinajstić information content (AvgIpc) is 2.87. The first kappa shape index (κ1) is 14.1. The lowest BCUT2D eigenvalue weighted by atomic mass is 10.1. The fourth-order valence-corrected chi connectivity index (χ4v) is 2.72. The molecule has 3 nitrogen and oxygen atoms in total. The zero-order valence-electron chi connectivity index (χ0n) is 12.3. The molecule has 1 heterocycles. The van der Waals surface area contributed by atoms with E-state index in [1.165, 1.54) is 11.3 Å². The molecule has 1 N–H and O–H groups in total. The Morgan fingerprint density at radius 1 is 1.24 bits per heavy atom. The van der Waals surface area contributed by atoms with Gasteiger partial charge in [0.2, 0.25) is 0 Å². The van der Waals surface area contributed by atoms with E-state index in [1.807, 2.05) is 32.3 Å². The molecule has 110 valence electrons. The monoisotopic (exact) mass is 302 g/mol. The lowest BCUT2D eigenvalue weighted by Crippen LogP contribution is -2.24. The van der Waals surface area contributed by atoms with Crippen molar-refractivity contribution in [3.63, 3.8) is 0 Å². The minimum atomic E-state index is 0.154. The molecule has 0 fully saturated rings. The number of benzene rings is 2. The third-order valence-electron chi connectivity index (χ3n) is 3.66. The molecule has 1 atom stereocenters. The second-order valence-electron chi connectivity index (χ2n) is 5.52. The fourth-order valence-electron chi connectivity index (χ4n) is 2.53. The largest absolute Gasteiger partial charge is 0.488 e. The minimum Gasteiger partial charge on any atom is -0.488 e. The molecule has 2 aromatic carbocycles. The van der Waals surface area contributed by atoms with Crippen molar-refractivity contribution in [1.82, 2.24) is 0 Å². The molecule has 4 heteroatoms. The Balaban J connectivity index is 1.61. The second-order valence-corrected chi connectivity index (χ2v) is 5.96. The van der Waals surface area contributed by atoms with Gasteiger partial charge < -0.3 is 15.0 Å². The van der Waals surface area contributed by atoms with E-state index in [4.69, 9.17) is 16.3 Å². The van der Waals surface area contributed by atoms with E-state index in [-0.39, 0.29) is 6.10 Å². The summed E-state index contributed by atoms with van der Waals surface area (Å²) >= 11 is 6.02. The van der Waals surface area contributed by atoms with Crippen molar-refractivity contribution in [2.45, 2.75) is 12.5 Å². The number of halogens is 1. The summed E-state index contributed by atoms with van der Waals surface area (Å²) in [6, 6.07) is 14.2. The molecule has 0 amide bonds. The highest BCUT2D eigenvalue weighted by molar-refractivity contribution is 6.30. The molecular formula is C17H19ClN2O. The summed E-state index contributed by atoms with van der Waals surface area (Å²) in [5, 5.41) is 4.21. The van der Waals surface area contributed by atoms with Gasteiger partial charge >= 0.3 is 0 Å². The standard InChI is InChI=1S/C17H19ClN2O/c1-20(2)15-5-3-4-14(10-15)19-11-16-9-12-8-13(18)6-7-17(12)21-16/h3-8,10,16,19H,9,11H2,1-2H3. The molecule has 0 spiro atoms. The maximum absolute atomic E-state index is 6.02. The van der Waals surface area contributed by atoms with Crippen LogP contribution in [-0.2, 0) is 6.42 Å². The van der Waals surface area contributed by atoms with Crippen molar-refractivity contribution in [3.05, 3.63) is 53.1 Å². The molecule has 1 aliphatic rings. The molecule has 0 aromatic heterocycles. The molecule has 21 heavy (non-hydrogen) atoms. The lowest BCUT2D eigenvalue weighted by molar-refractivity contribution is 0.246. The first-order valence-corrected chi connectivity index (χ1v) is 7.46. The third-order valence-corrected chi connectivity index (χ3v) is 3.90. The van der Waals surface area contributed by atoms with Crippen molar-refractivity contribution >= 4 is 23.0 Å². The van der Waals surface area contributed by atoms with Crippen molar-refractivity contribution < 1.29 is 4.74 Å². The van der Waals surface area contributed by atoms with E-state index < -0.39 is 0 Å². The Morgan fingerprint density at radius 3 is 2.90 bits per heavy atom. The van der Waals surface area contributed by atoms with Gasteiger partial charge in [-0.25, -0.2) is 0 Å². The topological polar surface area (TPSA) is 24.5 Å². The zero-order chi connectivity index (χ0) is 14.8. The normalized spacial score (nSPS) is 16.2. The van der Waals surface area contributed by atoms with Crippen LogP contribution in [-0.4, -0.2) is 26.7 Å². The predicted molar refractivity (Wildman–Crippen MR) is 88.8 cm³/mol. The van der Waals surface area contributed by atoms with Crippen molar-refractivity contribution in [2.75, 3.05) is 30.9 Å². The summed E-state index contributed by atoms with van der Waals surface area (Å²) in [6.07, 6.45) is 1.05. The van der Waals surface area contributed by atoms with Gasteiger partial charge in [-0.05, 0) is 42.0 Å². The first-order chi connectivity index (χ1) is 10.1. The zero-order valence-corrected chi connectivity index (χ0v) is 13.0. The van der Waals surface area contributed by atoms with E-state index in [0.717, 1.165) is 29.4 Å². The van der Waals surface area contributed by atoms with Crippen LogP contribution in [0.3, 0.4) is 0 Å². The molecular weight excluding hydrogens is 284 g/mol. The van der Waals surface area contributed by atoms with Gasteiger partial charge in [0.1, 0.15) is 11.9 Å². The van der Waals surface area contributed by atoms with E-state index in [0.29, 0.717) is 0 Å². The Kier molecular flexibility index (Phi) is 3.93. The van der Waals surface area contributed by atoms with Crippen LogP contribution >= 0.6 is 11.6 Å². The molecule has 0 saturated carbocycles. The Labute approximate surface area is 130 Å². The summed E-state index contributed by atoms with van der Waals surface area (Å²) in [4.78, 5) is 2.09. The summed E-state index contributed by atoms with van der Waals surface area (Å²) in [7, 11) is 4.08. The van der Waals surface area contributed by atoms with E-state index >= 15 is 0 Å². The first-order valence-electron chi connectivity index (χ1n) is 7.08. The molecule has 0 bridgehead atoms. The van der Waals surface area contributed by atoms with E-state index in [1.54, 1.807) is 0 Å². The second kappa shape index (κ2) is 5.86. The number of hydrogen-bond donors (Lipinski definition) is 1. The smallest absolute Gasteiger partial charge is 0.123 e. The van der Waals surface area contributed by atoms with E-state index in [2.05, 4.69) is 34.5 Å². The average molecular weight is 303 g/mol. The van der Waals surface area contributed by atoms with Gasteiger partial charge in [-0.2, -0.15) is 0 Å². The number of hydrogen-bond acceptors (Lipinski definition) is 3. The van der Waals surface area contributed by atoms with Gasteiger partial charge in [-0.15, -0.1) is 0 Å². The van der Waals surface area contributed by atoms with Crippen LogP contribution in [0.2, 0.25) is 5.02 Å². The van der Waals surface area contributed by atoms with Crippen molar-refractivity contribution in [1.29, 1.82) is 0 Å². The molecule has 3 rings (SSSR count). The quantitative estimate of drug-likeness (QED) is 0.929. The van der Waals surface area contributed by atoms with Gasteiger partial charge in [0.05, 0.1) is 6.54 Å². The predicted octanol–water partition coefficient (Wildman–Crippen LogP) is 3.82. The third kappa shape index (κ3) is 3.24. The number of rotatable bonds is 4. The highest BCUT2D eigenvalue weighted by Crippen LogP contribution is 2.31. The summed E-state index contributed by atoms with van der Waals surface area (Å²) in [5.41, 5.74) is 3.48. The van der Waals surface area contributed by atoms with Crippen LogP contribution in [0.15, 0.2) is 42.5 Å². The van der Waals surface area contributed by atoms with Crippen LogP contribution < -0.4 is 15.0 Å². The SMILES string of the molecule is CN(C)c1cccc(NCC2Cc3cc(Cl)ccc3O2)c1. The molecule has 1 unspecified atom stereocenters. The maximum Gasteiger partial charge on any atom is 0.123 e. The summed E-state index contributed by atoms with van der Waals surface area (Å²) in [5.74, 6) is 0.952. The number of nitrogens with one attached hydrogen (secondary N) is 1. The van der Waals surface area contributed by atoms with E-state index in [9.17, 15) is 0 Å². The van der Waals surface area contributed by atoms with Crippen LogP contribution in [0.5, 0.6) is 5.75 Å². The number of ether oxygens (including phenoxy) is 1. The van der Waals surface area contributed by atoms with Gasteiger partial charge in [-0.1, -0.05) is 17.7 Å². The highest BCUT2D eigenvalue weighted by Gasteiger charge is 2.22. The lowest BCUT2D eigenvalue weighted by Gasteiger charge is -2.16. The van der Waals surface area contributed by atoms with Gasteiger partial charge in [0, 0.05) is 36.9 Å². The van der Waals surface area contributed by atoms with Crippen LogP contribution in [0, 0.1) is 0 Å². The highest BCUT2D eigenvalue weighted by atomic mass is 35.5. The van der Waals surface area contributed by atoms with Crippen LogP contribution in [0.4, 0.5) is 11.4 Å². The van der Waals surface area contributed by atoms with Crippen molar-refractivity contribution in [3.8, 4) is 5.75 Å². The van der Waals surface area contributed by atoms with Gasteiger partial charge in [0.25, 0.3) is 0 Å². The van der Waals surface area contributed by atoms with Crippen LogP contribution in [0.1, 0.15) is 5.56 Å². The molecule has 0 radical (unpaired) electrons. The fraction of sp³-hybridized carbons (Fsp3) is 0.294. The van der Waals surface area contributed by atoms with Gasteiger partial charge in [0.15, 0.2) is 0 Å². The Hall–Kier alpha value is -1.87. The molecule has 2 aromatic rings. The molecule has 0 aliphatic carbocycles. The maximum atomic E-state index is 6.02.